The second-order valence-electron chi connectivity index (χ2n) is 3.54. The fraction of sp³-hybridized carbons (Fsp3) is 1.00. The van der Waals surface area contributed by atoms with Crippen molar-refractivity contribution in [2.45, 2.75) is 67.7 Å². The number of nitrogens with one attached hydrogen (secondary N) is 1. The maximum absolute atomic E-state index is 3.43. The van der Waals surface area contributed by atoms with Crippen molar-refractivity contribution < 1.29 is 0 Å². The number of likely N-dealkylation sites (N-methyl/N-ethyl adjacent to an activating group) is 1. The lowest BCUT2D eigenvalue weighted by Crippen LogP contribution is -2.33. The van der Waals surface area contributed by atoms with Crippen LogP contribution in [-0.4, -0.2) is 37.6 Å². The van der Waals surface area contributed by atoms with Crippen molar-refractivity contribution in [3.05, 3.63) is 0 Å². The first kappa shape index (κ1) is 22.1. The van der Waals surface area contributed by atoms with Gasteiger partial charge in [-0.25, -0.2) is 0 Å². The largest absolute Gasteiger partial charge is 0.315 e. The van der Waals surface area contributed by atoms with E-state index < -0.39 is 0 Å². The molecule has 0 aliphatic heterocycles. The summed E-state index contributed by atoms with van der Waals surface area (Å²) < 4.78 is 0. The van der Waals surface area contributed by atoms with Crippen LogP contribution >= 0.6 is 0 Å². The van der Waals surface area contributed by atoms with E-state index in [4.69, 9.17) is 0 Å². The molecule has 0 unspecified atom stereocenters. The molecule has 0 atom stereocenters. The Kier molecular flexibility index (Phi) is 32.5. The highest BCUT2D eigenvalue weighted by Gasteiger charge is 1.99. The predicted molar refractivity (Wildman–Crippen MR) is 82.9 cm³/mol. The summed E-state index contributed by atoms with van der Waals surface area (Å²) in [7, 11) is 0. The smallest absolute Gasteiger partial charge is 0.0107 e. The molecular formula is C15H38N2. The lowest BCUT2D eigenvalue weighted by atomic mass is 10.3. The van der Waals surface area contributed by atoms with Gasteiger partial charge >= 0.3 is 0 Å². The molecule has 0 rings (SSSR count). The van der Waals surface area contributed by atoms with Gasteiger partial charge in [0.15, 0.2) is 0 Å². The van der Waals surface area contributed by atoms with Gasteiger partial charge in [-0.2, -0.15) is 0 Å². The zero-order chi connectivity index (χ0) is 13.9. The van der Waals surface area contributed by atoms with Crippen molar-refractivity contribution in [3.63, 3.8) is 0 Å². The van der Waals surface area contributed by atoms with Gasteiger partial charge in [0.05, 0.1) is 0 Å². The first-order chi connectivity index (χ1) is 8.35. The third kappa shape index (κ3) is 21.7. The summed E-state index contributed by atoms with van der Waals surface area (Å²) in [6.45, 7) is 20.7. The molecule has 17 heavy (non-hydrogen) atoms. The molecule has 0 spiro atoms. The molecule has 0 amide bonds. The van der Waals surface area contributed by atoms with E-state index in [0.29, 0.717) is 0 Å². The monoisotopic (exact) mass is 246 g/mol. The number of nitrogens with zero attached hydrogens (tertiary/aromatic N) is 1. The zero-order valence-electron chi connectivity index (χ0n) is 13.6. The van der Waals surface area contributed by atoms with Gasteiger partial charge in [0.1, 0.15) is 0 Å². The topological polar surface area (TPSA) is 15.3 Å². The van der Waals surface area contributed by atoms with Crippen molar-refractivity contribution >= 4 is 0 Å². The average molecular weight is 246 g/mol. The lowest BCUT2D eigenvalue weighted by Gasteiger charge is -2.19. The summed E-state index contributed by atoms with van der Waals surface area (Å²) in [6.07, 6.45) is 3.88. The van der Waals surface area contributed by atoms with Gasteiger partial charge < -0.3 is 10.2 Å². The van der Waals surface area contributed by atoms with Crippen LogP contribution in [0.3, 0.4) is 0 Å². The van der Waals surface area contributed by atoms with Crippen LogP contribution < -0.4 is 5.32 Å². The fourth-order valence-corrected chi connectivity index (χ4v) is 1.35. The molecule has 0 aliphatic rings. The van der Waals surface area contributed by atoms with Crippen LogP contribution in [0.4, 0.5) is 0 Å². The van der Waals surface area contributed by atoms with E-state index in [1.165, 1.54) is 38.9 Å². The minimum absolute atomic E-state index is 1.14. The lowest BCUT2D eigenvalue weighted by molar-refractivity contribution is 0.283. The van der Waals surface area contributed by atoms with E-state index in [1.807, 2.05) is 27.7 Å². The van der Waals surface area contributed by atoms with Crippen LogP contribution in [0.5, 0.6) is 0 Å². The summed E-state index contributed by atoms with van der Waals surface area (Å²) in [6, 6.07) is 0. The molecule has 108 valence electrons. The van der Waals surface area contributed by atoms with E-state index in [2.05, 4.69) is 31.0 Å². The number of hydrogen-bond donors (Lipinski definition) is 1. The molecule has 0 bridgehead atoms. The molecule has 0 aliphatic carbocycles. The Morgan fingerprint density at radius 1 is 0.765 bits per heavy atom. The molecule has 1 N–H and O–H groups in total. The maximum Gasteiger partial charge on any atom is 0.0107 e. The summed E-state index contributed by atoms with van der Waals surface area (Å²) in [4.78, 5) is 2.52. The molecule has 2 nitrogen and oxygen atoms in total. The first-order valence-electron chi connectivity index (χ1n) is 7.78. The van der Waals surface area contributed by atoms with E-state index in [-0.39, 0.29) is 0 Å². The van der Waals surface area contributed by atoms with Gasteiger partial charge in [-0.15, -0.1) is 0 Å². The Bertz CT molecular complexity index is 94.9. The van der Waals surface area contributed by atoms with Gasteiger partial charge in [0.25, 0.3) is 0 Å². The highest BCUT2D eigenvalue weighted by Crippen LogP contribution is 1.93. The van der Waals surface area contributed by atoms with Crippen molar-refractivity contribution in [1.82, 2.24) is 10.2 Å². The molecule has 0 saturated carbocycles. The molecule has 0 fully saturated rings. The SMILES string of the molecule is CC.CC.CCCCN(CC)CCNCCC. The summed E-state index contributed by atoms with van der Waals surface area (Å²) in [5.41, 5.74) is 0. The Morgan fingerprint density at radius 2 is 1.35 bits per heavy atom. The van der Waals surface area contributed by atoms with Crippen LogP contribution in [0.15, 0.2) is 0 Å². The van der Waals surface area contributed by atoms with E-state index in [9.17, 15) is 0 Å². The molecule has 0 heterocycles. The molecule has 0 aromatic heterocycles. The van der Waals surface area contributed by atoms with Crippen molar-refractivity contribution in [1.29, 1.82) is 0 Å². The van der Waals surface area contributed by atoms with Crippen LogP contribution in [0.25, 0.3) is 0 Å². The van der Waals surface area contributed by atoms with E-state index in [0.717, 1.165) is 13.1 Å². The number of hydrogen-bond acceptors (Lipinski definition) is 2. The minimum Gasteiger partial charge on any atom is -0.315 e. The normalized spacial score (nSPS) is 9.18. The Hall–Kier alpha value is -0.0800. The van der Waals surface area contributed by atoms with Crippen LogP contribution in [0.2, 0.25) is 0 Å². The Labute approximate surface area is 111 Å². The third-order valence-corrected chi connectivity index (χ3v) is 2.31. The Balaban J connectivity index is -0.000000439. The molecule has 2 heteroatoms. The van der Waals surface area contributed by atoms with Crippen LogP contribution in [-0.2, 0) is 0 Å². The summed E-state index contributed by atoms with van der Waals surface area (Å²) in [5, 5.41) is 3.43. The van der Waals surface area contributed by atoms with Crippen molar-refractivity contribution in [2.24, 2.45) is 0 Å². The second kappa shape index (κ2) is 24.9. The van der Waals surface area contributed by atoms with Crippen LogP contribution in [0.1, 0.15) is 67.7 Å². The molecule has 0 saturated heterocycles. The highest BCUT2D eigenvalue weighted by atomic mass is 15.1. The number of rotatable bonds is 9. The first-order valence-corrected chi connectivity index (χ1v) is 7.78. The fourth-order valence-electron chi connectivity index (χ4n) is 1.35. The van der Waals surface area contributed by atoms with Gasteiger partial charge in [-0.05, 0) is 32.5 Å². The quantitative estimate of drug-likeness (QED) is 0.615. The van der Waals surface area contributed by atoms with Gasteiger partial charge in [0.2, 0.25) is 0 Å². The van der Waals surface area contributed by atoms with Crippen LogP contribution in [0, 0.1) is 0 Å². The average Bonchev–Trinajstić information content (AvgIpc) is 2.42. The highest BCUT2D eigenvalue weighted by molar-refractivity contribution is 4.57. The van der Waals surface area contributed by atoms with Crippen molar-refractivity contribution in [3.8, 4) is 0 Å². The minimum atomic E-state index is 1.14. The van der Waals surface area contributed by atoms with Gasteiger partial charge in [-0.3, -0.25) is 0 Å². The number of unbranched alkanes of at least 4 members (excludes halogenated alkanes) is 1. The summed E-state index contributed by atoms with van der Waals surface area (Å²) in [5.74, 6) is 0. The van der Waals surface area contributed by atoms with Crippen molar-refractivity contribution in [2.75, 3.05) is 32.7 Å². The molecular weight excluding hydrogens is 208 g/mol. The predicted octanol–water partition coefficient (Wildman–Crippen LogP) is 4.16. The standard InChI is InChI=1S/C11H26N2.2C2H6/c1-4-7-10-13(6-3)11-9-12-8-5-2;2*1-2/h12H,4-11H2,1-3H3;2*1-2H3. The van der Waals surface area contributed by atoms with Gasteiger partial charge in [-0.1, -0.05) is 54.9 Å². The maximum atomic E-state index is 3.43. The molecule has 0 aromatic rings. The molecule has 0 aromatic carbocycles. The Morgan fingerprint density at radius 3 is 1.76 bits per heavy atom. The van der Waals surface area contributed by atoms with Gasteiger partial charge in [0, 0.05) is 13.1 Å². The third-order valence-electron chi connectivity index (χ3n) is 2.31. The second-order valence-corrected chi connectivity index (χ2v) is 3.54. The van der Waals surface area contributed by atoms with E-state index >= 15 is 0 Å². The zero-order valence-corrected chi connectivity index (χ0v) is 13.6. The summed E-state index contributed by atoms with van der Waals surface area (Å²) >= 11 is 0. The molecule has 0 radical (unpaired) electrons. The van der Waals surface area contributed by atoms with E-state index in [1.54, 1.807) is 0 Å².